The first kappa shape index (κ1) is 21.0. The van der Waals surface area contributed by atoms with Gasteiger partial charge in [-0.1, -0.05) is 26.0 Å². The van der Waals surface area contributed by atoms with Gasteiger partial charge in [-0.15, -0.1) is 11.3 Å². The summed E-state index contributed by atoms with van der Waals surface area (Å²) in [6.07, 6.45) is 5.22. The van der Waals surface area contributed by atoms with Gasteiger partial charge in [-0.05, 0) is 48.6 Å². The maximum absolute atomic E-state index is 12.1. The van der Waals surface area contributed by atoms with Gasteiger partial charge in [0.1, 0.15) is 5.75 Å². The van der Waals surface area contributed by atoms with E-state index in [0.717, 1.165) is 40.4 Å². The standard InChI is InChI=1S/C23H27N3O2S/c1-16(2)19-7-6-17(3)21(13-19)28-14-22(27)25-10-4-5-23-26-20(15-29-23)18-8-11-24-12-9-18/h6-9,11-13,15-16H,4-5,10,14H2,1-3H3,(H,25,27). The Hall–Kier alpha value is -2.73. The number of pyridine rings is 1. The number of benzene rings is 1. The Morgan fingerprint density at radius 2 is 2.00 bits per heavy atom. The summed E-state index contributed by atoms with van der Waals surface area (Å²) < 4.78 is 5.73. The van der Waals surface area contributed by atoms with Crippen LogP contribution < -0.4 is 10.1 Å². The third kappa shape index (κ3) is 6.12. The molecule has 0 saturated carbocycles. The zero-order chi connectivity index (χ0) is 20.6. The van der Waals surface area contributed by atoms with Gasteiger partial charge in [-0.2, -0.15) is 0 Å². The van der Waals surface area contributed by atoms with Gasteiger partial charge in [-0.3, -0.25) is 9.78 Å². The van der Waals surface area contributed by atoms with Gasteiger partial charge in [0.25, 0.3) is 5.91 Å². The van der Waals surface area contributed by atoms with Gasteiger partial charge in [0.05, 0.1) is 10.7 Å². The lowest BCUT2D eigenvalue weighted by Crippen LogP contribution is -2.30. The maximum Gasteiger partial charge on any atom is 0.257 e. The van der Waals surface area contributed by atoms with E-state index in [-0.39, 0.29) is 12.5 Å². The van der Waals surface area contributed by atoms with E-state index < -0.39 is 0 Å². The van der Waals surface area contributed by atoms with Crippen LogP contribution in [0.2, 0.25) is 0 Å². The first-order valence-electron chi connectivity index (χ1n) is 9.88. The third-order valence-electron chi connectivity index (χ3n) is 4.66. The number of amides is 1. The van der Waals surface area contributed by atoms with E-state index >= 15 is 0 Å². The average Bonchev–Trinajstić information content (AvgIpc) is 3.20. The molecule has 0 atom stereocenters. The fraction of sp³-hybridized carbons (Fsp3) is 0.348. The van der Waals surface area contributed by atoms with Crippen molar-refractivity contribution in [2.24, 2.45) is 0 Å². The van der Waals surface area contributed by atoms with E-state index in [1.54, 1.807) is 23.7 Å². The molecular weight excluding hydrogens is 382 g/mol. The Morgan fingerprint density at radius 3 is 2.76 bits per heavy atom. The van der Waals surface area contributed by atoms with Crippen LogP contribution >= 0.6 is 11.3 Å². The van der Waals surface area contributed by atoms with Gasteiger partial charge in [0.15, 0.2) is 6.61 Å². The molecule has 0 aliphatic heterocycles. The van der Waals surface area contributed by atoms with Gasteiger partial charge in [0, 0.05) is 36.3 Å². The number of hydrogen-bond acceptors (Lipinski definition) is 5. The maximum atomic E-state index is 12.1. The third-order valence-corrected chi connectivity index (χ3v) is 5.56. The summed E-state index contributed by atoms with van der Waals surface area (Å²) in [6, 6.07) is 10.1. The Balaban J connectivity index is 1.40. The second-order valence-corrected chi connectivity index (χ2v) is 8.23. The van der Waals surface area contributed by atoms with E-state index in [1.807, 2.05) is 31.2 Å². The van der Waals surface area contributed by atoms with Crippen LogP contribution in [0.5, 0.6) is 5.75 Å². The molecule has 0 radical (unpaired) electrons. The molecule has 2 aromatic heterocycles. The molecule has 0 bridgehead atoms. The predicted molar refractivity (Wildman–Crippen MR) is 117 cm³/mol. The predicted octanol–water partition coefficient (Wildman–Crippen LogP) is 4.76. The summed E-state index contributed by atoms with van der Waals surface area (Å²) in [7, 11) is 0. The van der Waals surface area contributed by atoms with Crippen LogP contribution in [-0.4, -0.2) is 29.0 Å². The Bertz CT molecular complexity index is 938. The Labute approximate surface area is 176 Å². The largest absolute Gasteiger partial charge is 0.483 e. The molecule has 3 rings (SSSR count). The normalized spacial score (nSPS) is 10.9. The molecule has 6 heteroatoms. The van der Waals surface area contributed by atoms with Crippen molar-refractivity contribution in [2.75, 3.05) is 13.2 Å². The molecule has 29 heavy (non-hydrogen) atoms. The molecule has 0 fully saturated rings. The molecular formula is C23H27N3O2S. The fourth-order valence-electron chi connectivity index (χ4n) is 2.87. The highest BCUT2D eigenvalue weighted by Crippen LogP contribution is 2.24. The van der Waals surface area contributed by atoms with Crippen LogP contribution in [0.3, 0.4) is 0 Å². The molecule has 0 spiro atoms. The molecule has 0 saturated heterocycles. The summed E-state index contributed by atoms with van der Waals surface area (Å²) in [5.41, 5.74) is 4.30. The lowest BCUT2D eigenvalue weighted by atomic mass is 10.0. The Kier molecular flexibility index (Phi) is 7.36. The van der Waals surface area contributed by atoms with Gasteiger partial charge in [0.2, 0.25) is 0 Å². The van der Waals surface area contributed by atoms with Crippen molar-refractivity contribution in [3.05, 3.63) is 64.2 Å². The number of nitrogens with one attached hydrogen (secondary N) is 1. The lowest BCUT2D eigenvalue weighted by molar-refractivity contribution is -0.123. The van der Waals surface area contributed by atoms with E-state index in [1.165, 1.54) is 5.56 Å². The molecule has 5 nitrogen and oxygen atoms in total. The zero-order valence-corrected chi connectivity index (χ0v) is 18.0. The van der Waals surface area contributed by atoms with Crippen LogP contribution in [0, 0.1) is 6.92 Å². The highest BCUT2D eigenvalue weighted by molar-refractivity contribution is 7.09. The molecule has 0 aliphatic rings. The molecule has 3 aromatic rings. The average molecular weight is 410 g/mol. The minimum atomic E-state index is -0.101. The Morgan fingerprint density at radius 1 is 1.21 bits per heavy atom. The highest BCUT2D eigenvalue weighted by Gasteiger charge is 2.08. The molecule has 2 heterocycles. The van der Waals surface area contributed by atoms with Crippen molar-refractivity contribution in [3.8, 4) is 17.0 Å². The van der Waals surface area contributed by atoms with Crippen molar-refractivity contribution in [2.45, 2.75) is 39.5 Å². The second kappa shape index (κ2) is 10.2. The summed E-state index contributed by atoms with van der Waals surface area (Å²) in [5.74, 6) is 1.10. The SMILES string of the molecule is Cc1ccc(C(C)C)cc1OCC(=O)NCCCc1nc(-c2ccncc2)cs1. The van der Waals surface area contributed by atoms with Crippen molar-refractivity contribution in [1.82, 2.24) is 15.3 Å². The number of carbonyl (C=O) groups excluding carboxylic acids is 1. The van der Waals surface area contributed by atoms with Crippen LogP contribution in [0.25, 0.3) is 11.3 Å². The molecule has 0 unspecified atom stereocenters. The van der Waals surface area contributed by atoms with Crippen molar-refractivity contribution >= 4 is 17.2 Å². The van der Waals surface area contributed by atoms with Gasteiger partial charge >= 0.3 is 0 Å². The molecule has 152 valence electrons. The number of aromatic nitrogens is 2. The molecule has 1 N–H and O–H groups in total. The number of nitrogens with zero attached hydrogens (tertiary/aromatic N) is 2. The minimum Gasteiger partial charge on any atom is -0.483 e. The van der Waals surface area contributed by atoms with Crippen LogP contribution in [0.15, 0.2) is 48.1 Å². The number of aryl methyl sites for hydroxylation is 2. The van der Waals surface area contributed by atoms with E-state index in [2.05, 4.69) is 40.6 Å². The smallest absolute Gasteiger partial charge is 0.257 e. The summed E-state index contributed by atoms with van der Waals surface area (Å²) in [6.45, 7) is 6.92. The number of hydrogen-bond donors (Lipinski definition) is 1. The molecule has 1 amide bonds. The first-order valence-corrected chi connectivity index (χ1v) is 10.8. The van der Waals surface area contributed by atoms with E-state index in [9.17, 15) is 4.79 Å². The van der Waals surface area contributed by atoms with Crippen molar-refractivity contribution in [1.29, 1.82) is 0 Å². The van der Waals surface area contributed by atoms with Gasteiger partial charge in [-0.25, -0.2) is 4.98 Å². The van der Waals surface area contributed by atoms with Crippen molar-refractivity contribution in [3.63, 3.8) is 0 Å². The van der Waals surface area contributed by atoms with Gasteiger partial charge < -0.3 is 10.1 Å². The fourth-order valence-corrected chi connectivity index (χ4v) is 3.72. The lowest BCUT2D eigenvalue weighted by Gasteiger charge is -2.12. The number of thiazole rings is 1. The first-order chi connectivity index (χ1) is 14.0. The van der Waals surface area contributed by atoms with Crippen LogP contribution in [-0.2, 0) is 11.2 Å². The summed E-state index contributed by atoms with van der Waals surface area (Å²) >= 11 is 1.65. The minimum absolute atomic E-state index is 0.0336. The number of ether oxygens (including phenoxy) is 1. The topological polar surface area (TPSA) is 64.1 Å². The highest BCUT2D eigenvalue weighted by atomic mass is 32.1. The number of rotatable bonds is 9. The summed E-state index contributed by atoms with van der Waals surface area (Å²) in [5, 5.41) is 6.06. The second-order valence-electron chi connectivity index (χ2n) is 7.28. The van der Waals surface area contributed by atoms with E-state index in [0.29, 0.717) is 12.5 Å². The quantitative estimate of drug-likeness (QED) is 0.517. The van der Waals surface area contributed by atoms with E-state index in [4.69, 9.17) is 4.74 Å². The number of carbonyl (C=O) groups is 1. The van der Waals surface area contributed by atoms with Crippen LogP contribution in [0.4, 0.5) is 0 Å². The molecule has 1 aromatic carbocycles. The van der Waals surface area contributed by atoms with Crippen LogP contribution in [0.1, 0.15) is 42.3 Å². The van der Waals surface area contributed by atoms with Crippen molar-refractivity contribution < 1.29 is 9.53 Å². The summed E-state index contributed by atoms with van der Waals surface area (Å²) in [4.78, 5) is 20.8. The zero-order valence-electron chi connectivity index (χ0n) is 17.1. The monoisotopic (exact) mass is 409 g/mol. The molecule has 0 aliphatic carbocycles.